The van der Waals surface area contributed by atoms with Gasteiger partial charge in [0.05, 0.1) is 6.54 Å². The molecule has 4 heterocycles. The van der Waals surface area contributed by atoms with Crippen LogP contribution >= 0.6 is 11.3 Å². The van der Waals surface area contributed by atoms with Crippen LogP contribution in [0.15, 0.2) is 64.5 Å². The van der Waals surface area contributed by atoms with Gasteiger partial charge in [-0.3, -0.25) is 9.59 Å². The van der Waals surface area contributed by atoms with Gasteiger partial charge in [-0.05, 0) is 62.6 Å². The number of nitrogens with one attached hydrogen (secondary N) is 2. The highest BCUT2D eigenvalue weighted by molar-refractivity contribution is 7.09. The number of hydrogen-bond acceptors (Lipinski definition) is 7. The fourth-order valence-electron chi connectivity index (χ4n) is 4.28. The topological polar surface area (TPSA) is 122 Å². The zero-order chi connectivity index (χ0) is 26.9. The molecule has 0 aliphatic carbocycles. The minimum Gasteiger partial charge on any atom is -0.458 e. The SMILES string of the molecule is Cc1ccc(-c2nnn(CC(=O)N(Cc3cccs3)[C@@H](C(=O)NC(C)(C)C)c3c[nH]c4ccccc34)n2)o1. The van der Waals surface area contributed by atoms with Crippen molar-refractivity contribution < 1.29 is 14.0 Å². The van der Waals surface area contributed by atoms with Gasteiger partial charge in [0.25, 0.3) is 0 Å². The summed E-state index contributed by atoms with van der Waals surface area (Å²) < 4.78 is 5.58. The molecule has 0 aliphatic heterocycles. The smallest absolute Gasteiger partial charge is 0.247 e. The lowest BCUT2D eigenvalue weighted by molar-refractivity contribution is -0.143. The summed E-state index contributed by atoms with van der Waals surface area (Å²) in [5.74, 6) is 0.885. The van der Waals surface area contributed by atoms with Crippen LogP contribution in [0, 0.1) is 6.92 Å². The molecular formula is C27H29N7O3S. The van der Waals surface area contributed by atoms with Gasteiger partial charge in [-0.2, -0.15) is 4.80 Å². The van der Waals surface area contributed by atoms with E-state index in [1.807, 2.05) is 75.5 Å². The Morgan fingerprint density at radius 3 is 2.68 bits per heavy atom. The van der Waals surface area contributed by atoms with Crippen molar-refractivity contribution in [2.24, 2.45) is 0 Å². The number of thiophene rings is 1. The molecule has 1 atom stereocenters. The van der Waals surface area contributed by atoms with Crippen LogP contribution in [0.3, 0.4) is 0 Å². The second-order valence-electron chi connectivity index (χ2n) is 10.1. The third-order valence-electron chi connectivity index (χ3n) is 5.89. The number of para-hydroxylation sites is 1. The van der Waals surface area contributed by atoms with E-state index in [-0.39, 0.29) is 30.7 Å². The predicted octanol–water partition coefficient (Wildman–Crippen LogP) is 4.47. The van der Waals surface area contributed by atoms with E-state index < -0.39 is 11.6 Å². The van der Waals surface area contributed by atoms with Gasteiger partial charge in [0, 0.05) is 33.1 Å². The van der Waals surface area contributed by atoms with Crippen molar-refractivity contribution in [3.05, 3.63) is 76.3 Å². The van der Waals surface area contributed by atoms with Crippen molar-refractivity contribution in [1.82, 2.24) is 35.4 Å². The molecule has 10 nitrogen and oxygen atoms in total. The molecule has 0 fully saturated rings. The summed E-state index contributed by atoms with van der Waals surface area (Å²) >= 11 is 1.53. The standard InChI is InChI=1S/C27H29N7O3S/c1-17-11-12-22(37-17)25-30-32-34(31-25)16-23(35)33(15-18-8-7-13-38-18)24(26(36)29-27(2,3)4)20-14-28-21-10-6-5-9-19(20)21/h5-14,24,28H,15-16H2,1-4H3,(H,29,36)/t24-/m1/s1. The summed E-state index contributed by atoms with van der Waals surface area (Å²) in [7, 11) is 0. The number of benzene rings is 1. The number of furan rings is 1. The maximum atomic E-state index is 13.9. The first-order chi connectivity index (χ1) is 18.2. The fourth-order valence-corrected chi connectivity index (χ4v) is 4.98. The number of aryl methyl sites for hydroxylation is 1. The normalized spacial score (nSPS) is 12.5. The van der Waals surface area contributed by atoms with Gasteiger partial charge in [-0.1, -0.05) is 24.3 Å². The Labute approximate surface area is 223 Å². The highest BCUT2D eigenvalue weighted by Gasteiger charge is 2.35. The summed E-state index contributed by atoms with van der Waals surface area (Å²) in [5.41, 5.74) is 1.10. The summed E-state index contributed by atoms with van der Waals surface area (Å²) in [5, 5.41) is 18.3. The molecule has 5 aromatic rings. The van der Waals surface area contributed by atoms with E-state index in [4.69, 9.17) is 4.42 Å². The molecule has 5 rings (SSSR count). The van der Waals surface area contributed by atoms with Gasteiger partial charge in [0.2, 0.25) is 17.6 Å². The Morgan fingerprint density at radius 2 is 1.97 bits per heavy atom. The van der Waals surface area contributed by atoms with Crippen molar-refractivity contribution in [1.29, 1.82) is 0 Å². The van der Waals surface area contributed by atoms with E-state index in [0.29, 0.717) is 11.3 Å². The number of carbonyl (C=O) groups excluding carboxylic acids is 2. The minimum atomic E-state index is -0.893. The van der Waals surface area contributed by atoms with E-state index in [0.717, 1.165) is 21.5 Å². The van der Waals surface area contributed by atoms with E-state index in [1.54, 1.807) is 17.2 Å². The predicted molar refractivity (Wildman–Crippen MR) is 144 cm³/mol. The molecule has 4 aromatic heterocycles. The number of aromatic amines is 1. The van der Waals surface area contributed by atoms with Crippen molar-refractivity contribution in [3.8, 4) is 11.6 Å². The van der Waals surface area contributed by atoms with Gasteiger partial charge >= 0.3 is 0 Å². The lowest BCUT2D eigenvalue weighted by atomic mass is 10.0. The number of tetrazole rings is 1. The van der Waals surface area contributed by atoms with Crippen LogP contribution in [0.4, 0.5) is 0 Å². The van der Waals surface area contributed by atoms with Gasteiger partial charge in [0.15, 0.2) is 5.76 Å². The van der Waals surface area contributed by atoms with Crippen LogP contribution in [0.2, 0.25) is 0 Å². The molecule has 1 aromatic carbocycles. The summed E-state index contributed by atoms with van der Waals surface area (Å²) in [6.45, 7) is 7.63. The number of hydrogen-bond donors (Lipinski definition) is 2. The van der Waals surface area contributed by atoms with Crippen molar-refractivity contribution in [2.45, 2.75) is 52.4 Å². The van der Waals surface area contributed by atoms with E-state index in [1.165, 1.54) is 16.1 Å². The maximum Gasteiger partial charge on any atom is 0.247 e. The Kier molecular flexibility index (Phi) is 6.85. The first kappa shape index (κ1) is 25.4. The lowest BCUT2D eigenvalue weighted by Crippen LogP contribution is -2.49. The van der Waals surface area contributed by atoms with Gasteiger partial charge in [-0.25, -0.2) is 0 Å². The average Bonchev–Trinajstić information content (AvgIpc) is 3.66. The first-order valence-electron chi connectivity index (χ1n) is 12.2. The number of carbonyl (C=O) groups is 2. The molecule has 0 aliphatic rings. The first-order valence-corrected chi connectivity index (χ1v) is 13.1. The van der Waals surface area contributed by atoms with Crippen LogP contribution < -0.4 is 5.32 Å². The summed E-state index contributed by atoms with van der Waals surface area (Å²) in [4.78, 5) is 34.8. The van der Waals surface area contributed by atoms with E-state index in [2.05, 4.69) is 25.7 Å². The molecule has 0 saturated heterocycles. The van der Waals surface area contributed by atoms with Crippen molar-refractivity contribution in [2.75, 3.05) is 0 Å². The number of H-pyrrole nitrogens is 1. The number of fused-ring (bicyclic) bond motifs is 1. The minimum absolute atomic E-state index is 0.195. The lowest BCUT2D eigenvalue weighted by Gasteiger charge is -2.33. The molecule has 2 N–H and O–H groups in total. The Hall–Kier alpha value is -4.25. The Balaban J connectivity index is 1.52. The molecule has 0 saturated carbocycles. The molecule has 38 heavy (non-hydrogen) atoms. The third kappa shape index (κ3) is 5.52. The van der Waals surface area contributed by atoms with Gasteiger partial charge < -0.3 is 19.6 Å². The quantitative estimate of drug-likeness (QED) is 0.305. The average molecular weight is 532 g/mol. The van der Waals surface area contributed by atoms with Gasteiger partial charge in [0.1, 0.15) is 18.3 Å². The summed E-state index contributed by atoms with van der Waals surface area (Å²) in [6, 6.07) is 14.3. The molecule has 0 spiro atoms. The van der Waals surface area contributed by atoms with Crippen molar-refractivity contribution in [3.63, 3.8) is 0 Å². The summed E-state index contributed by atoms with van der Waals surface area (Å²) in [6.07, 6.45) is 1.80. The van der Waals surface area contributed by atoms with E-state index >= 15 is 0 Å². The largest absolute Gasteiger partial charge is 0.458 e. The number of rotatable bonds is 8. The molecule has 2 amide bonds. The highest BCUT2D eigenvalue weighted by atomic mass is 32.1. The number of nitrogens with zero attached hydrogens (tertiary/aromatic N) is 5. The van der Waals surface area contributed by atoms with Gasteiger partial charge in [-0.15, -0.1) is 21.5 Å². The molecular weight excluding hydrogens is 502 g/mol. The van der Waals surface area contributed by atoms with Crippen molar-refractivity contribution >= 4 is 34.1 Å². The number of aromatic nitrogens is 5. The van der Waals surface area contributed by atoms with Crippen LogP contribution in [-0.4, -0.2) is 47.4 Å². The zero-order valence-corrected chi connectivity index (χ0v) is 22.5. The fraction of sp³-hybridized carbons (Fsp3) is 0.296. The van der Waals surface area contributed by atoms with Crippen LogP contribution in [0.25, 0.3) is 22.5 Å². The molecule has 11 heteroatoms. The molecule has 196 valence electrons. The van der Waals surface area contributed by atoms with E-state index in [9.17, 15) is 9.59 Å². The Morgan fingerprint density at radius 1 is 1.16 bits per heavy atom. The Bertz CT molecular complexity index is 1560. The molecule has 0 radical (unpaired) electrons. The molecule has 0 unspecified atom stereocenters. The number of amides is 2. The monoisotopic (exact) mass is 531 g/mol. The third-order valence-corrected chi connectivity index (χ3v) is 6.75. The van der Waals surface area contributed by atoms with Crippen LogP contribution in [-0.2, 0) is 22.7 Å². The zero-order valence-electron chi connectivity index (χ0n) is 21.6. The highest BCUT2D eigenvalue weighted by Crippen LogP contribution is 2.31. The second-order valence-corrected chi connectivity index (χ2v) is 11.1. The van der Waals surface area contributed by atoms with Crippen LogP contribution in [0.5, 0.6) is 0 Å². The van der Waals surface area contributed by atoms with Crippen LogP contribution in [0.1, 0.15) is 43.0 Å². The molecule has 0 bridgehead atoms. The second kappa shape index (κ2) is 10.3. The maximum absolute atomic E-state index is 13.9.